The lowest BCUT2D eigenvalue weighted by Crippen LogP contribution is -2.24. The Balaban J connectivity index is 1.74. The largest absolute Gasteiger partial charge is 0.493 e. The zero-order chi connectivity index (χ0) is 20.5. The van der Waals surface area contributed by atoms with E-state index in [0.717, 1.165) is 22.6 Å². The van der Waals surface area contributed by atoms with Gasteiger partial charge in [-0.25, -0.2) is 4.68 Å². The Morgan fingerprint density at radius 1 is 1.14 bits per heavy atom. The summed E-state index contributed by atoms with van der Waals surface area (Å²) in [7, 11) is 1.63. The third kappa shape index (κ3) is 3.70. The Morgan fingerprint density at radius 2 is 1.90 bits per heavy atom. The van der Waals surface area contributed by atoms with E-state index in [9.17, 15) is 4.79 Å². The summed E-state index contributed by atoms with van der Waals surface area (Å²) in [4.78, 5) is 12.5. The number of hydrogen-bond acceptors (Lipinski definition) is 4. The van der Waals surface area contributed by atoms with Crippen LogP contribution < -0.4 is 14.8 Å². The summed E-state index contributed by atoms with van der Waals surface area (Å²) in [6.45, 7) is 6.00. The van der Waals surface area contributed by atoms with E-state index in [4.69, 9.17) is 9.47 Å². The summed E-state index contributed by atoms with van der Waals surface area (Å²) in [6, 6.07) is 13.9. The van der Waals surface area contributed by atoms with Gasteiger partial charge in [-0.1, -0.05) is 23.8 Å². The molecule has 0 spiro atoms. The normalized spacial score (nSPS) is 15.8. The maximum Gasteiger partial charge on any atom is 0.226 e. The lowest BCUT2D eigenvalue weighted by molar-refractivity contribution is -0.116. The van der Waals surface area contributed by atoms with Crippen molar-refractivity contribution < 1.29 is 14.3 Å². The molecular weight excluding hydrogens is 366 g/mol. The van der Waals surface area contributed by atoms with Crippen molar-refractivity contribution in [3.05, 3.63) is 65.4 Å². The Morgan fingerprint density at radius 3 is 2.59 bits per heavy atom. The third-order valence-corrected chi connectivity index (χ3v) is 5.05. The molecule has 1 aromatic heterocycles. The fourth-order valence-electron chi connectivity index (χ4n) is 3.65. The van der Waals surface area contributed by atoms with Crippen LogP contribution in [0.5, 0.6) is 11.5 Å². The smallest absolute Gasteiger partial charge is 0.226 e. The van der Waals surface area contributed by atoms with E-state index in [-0.39, 0.29) is 17.9 Å². The molecule has 1 atom stereocenters. The molecule has 1 N–H and O–H groups in total. The second-order valence-corrected chi connectivity index (χ2v) is 7.58. The van der Waals surface area contributed by atoms with Gasteiger partial charge in [-0.05, 0) is 50.6 Å². The second kappa shape index (κ2) is 7.62. The number of nitrogens with zero attached hydrogens (tertiary/aromatic N) is 2. The summed E-state index contributed by atoms with van der Waals surface area (Å²) in [5.41, 5.74) is 4.07. The Kier molecular flexibility index (Phi) is 5.01. The van der Waals surface area contributed by atoms with Gasteiger partial charge in [0.1, 0.15) is 5.82 Å². The van der Waals surface area contributed by atoms with Crippen LogP contribution in [0.4, 0.5) is 5.82 Å². The number of ether oxygens (including phenoxy) is 2. The number of aryl methyl sites for hydroxylation is 1. The summed E-state index contributed by atoms with van der Waals surface area (Å²) >= 11 is 0. The number of hydrogen-bond donors (Lipinski definition) is 1. The first kappa shape index (κ1) is 19.1. The van der Waals surface area contributed by atoms with E-state index in [2.05, 4.69) is 10.4 Å². The fourth-order valence-corrected chi connectivity index (χ4v) is 3.65. The number of carbonyl (C=O) groups is 1. The van der Waals surface area contributed by atoms with Gasteiger partial charge in [0.2, 0.25) is 5.91 Å². The lowest BCUT2D eigenvalue weighted by atomic mass is 9.87. The van der Waals surface area contributed by atoms with Gasteiger partial charge in [0.15, 0.2) is 11.5 Å². The van der Waals surface area contributed by atoms with E-state index in [1.54, 1.807) is 11.8 Å². The van der Waals surface area contributed by atoms with Gasteiger partial charge in [0, 0.05) is 17.9 Å². The third-order valence-electron chi connectivity index (χ3n) is 5.05. The Bertz CT molecular complexity index is 1040. The van der Waals surface area contributed by atoms with Crippen molar-refractivity contribution in [1.82, 2.24) is 9.78 Å². The maximum absolute atomic E-state index is 12.5. The first-order valence-electron chi connectivity index (χ1n) is 9.75. The van der Waals surface area contributed by atoms with E-state index in [0.29, 0.717) is 17.9 Å². The predicted molar refractivity (Wildman–Crippen MR) is 112 cm³/mol. The molecule has 150 valence electrons. The van der Waals surface area contributed by atoms with Crippen LogP contribution in [0.3, 0.4) is 0 Å². The SMILES string of the molecule is COc1cc(C2CC(=O)Nc3c2cnn3-c2ccc(C)cc2)ccc1OC(C)C. The van der Waals surface area contributed by atoms with Gasteiger partial charge >= 0.3 is 0 Å². The number of anilines is 1. The quantitative estimate of drug-likeness (QED) is 0.698. The standard InChI is InChI=1S/C23H25N3O3/c1-14(2)29-20-10-7-16(11-21(20)28-4)18-12-22(27)25-23-19(18)13-24-26(23)17-8-5-15(3)6-9-17/h5-11,13-14,18H,12H2,1-4H3,(H,25,27). The molecule has 1 unspecified atom stereocenters. The highest BCUT2D eigenvalue weighted by Gasteiger charge is 2.31. The summed E-state index contributed by atoms with van der Waals surface area (Å²) in [5, 5.41) is 7.55. The lowest BCUT2D eigenvalue weighted by Gasteiger charge is -2.24. The Labute approximate surface area is 170 Å². The highest BCUT2D eigenvalue weighted by Crippen LogP contribution is 2.41. The van der Waals surface area contributed by atoms with Crippen molar-refractivity contribution >= 4 is 11.7 Å². The molecule has 4 rings (SSSR count). The van der Waals surface area contributed by atoms with Gasteiger partial charge in [-0.3, -0.25) is 4.79 Å². The van der Waals surface area contributed by atoms with Crippen molar-refractivity contribution in [3.63, 3.8) is 0 Å². The van der Waals surface area contributed by atoms with Crippen LogP contribution >= 0.6 is 0 Å². The first-order valence-corrected chi connectivity index (χ1v) is 9.75. The minimum absolute atomic E-state index is 0.0298. The number of methoxy groups -OCH3 is 1. The molecule has 0 aliphatic carbocycles. The highest BCUT2D eigenvalue weighted by molar-refractivity contribution is 5.94. The molecule has 3 aromatic rings. The molecule has 2 aromatic carbocycles. The minimum Gasteiger partial charge on any atom is -0.493 e. The van der Waals surface area contributed by atoms with Gasteiger partial charge in [-0.15, -0.1) is 0 Å². The summed E-state index contributed by atoms with van der Waals surface area (Å²) < 4.78 is 13.1. The molecule has 6 heteroatoms. The maximum atomic E-state index is 12.5. The number of nitrogens with one attached hydrogen (secondary N) is 1. The van der Waals surface area contributed by atoms with Crippen LogP contribution in [0.25, 0.3) is 5.69 Å². The highest BCUT2D eigenvalue weighted by atomic mass is 16.5. The van der Waals surface area contributed by atoms with E-state index >= 15 is 0 Å². The molecule has 0 saturated carbocycles. The van der Waals surface area contributed by atoms with E-state index in [1.165, 1.54) is 5.56 Å². The van der Waals surface area contributed by atoms with E-state index in [1.807, 2.05) is 69.4 Å². The summed E-state index contributed by atoms with van der Waals surface area (Å²) in [6.07, 6.45) is 2.25. The number of fused-ring (bicyclic) bond motifs is 1. The average molecular weight is 391 g/mol. The van der Waals surface area contributed by atoms with Gasteiger partial charge in [-0.2, -0.15) is 5.10 Å². The van der Waals surface area contributed by atoms with Crippen LogP contribution in [-0.4, -0.2) is 28.9 Å². The van der Waals surface area contributed by atoms with Crippen LogP contribution in [0.15, 0.2) is 48.7 Å². The van der Waals surface area contributed by atoms with Crippen LogP contribution in [0.1, 0.15) is 42.9 Å². The number of amides is 1. The fraction of sp³-hybridized carbons (Fsp3) is 0.304. The van der Waals surface area contributed by atoms with Gasteiger partial charge in [0.25, 0.3) is 0 Å². The van der Waals surface area contributed by atoms with Gasteiger partial charge < -0.3 is 14.8 Å². The predicted octanol–water partition coefficient (Wildman–Crippen LogP) is 4.45. The first-order chi connectivity index (χ1) is 14.0. The van der Waals surface area contributed by atoms with Crippen LogP contribution in [0.2, 0.25) is 0 Å². The molecule has 1 amide bonds. The van der Waals surface area contributed by atoms with E-state index < -0.39 is 0 Å². The van der Waals surface area contributed by atoms with Crippen molar-refractivity contribution in [2.24, 2.45) is 0 Å². The number of benzene rings is 2. The van der Waals surface area contributed by atoms with Crippen molar-refractivity contribution in [2.45, 2.75) is 39.2 Å². The Hall–Kier alpha value is -3.28. The minimum atomic E-state index is -0.0973. The molecule has 0 bridgehead atoms. The van der Waals surface area contributed by atoms with Crippen LogP contribution in [0, 0.1) is 6.92 Å². The average Bonchev–Trinajstić information content (AvgIpc) is 3.11. The van der Waals surface area contributed by atoms with Crippen molar-refractivity contribution in [2.75, 3.05) is 12.4 Å². The number of carbonyl (C=O) groups excluding carboxylic acids is 1. The molecule has 6 nitrogen and oxygen atoms in total. The van der Waals surface area contributed by atoms with Crippen molar-refractivity contribution in [1.29, 1.82) is 0 Å². The van der Waals surface area contributed by atoms with Crippen LogP contribution in [-0.2, 0) is 4.79 Å². The van der Waals surface area contributed by atoms with Gasteiger partial charge in [0.05, 0.1) is 25.1 Å². The summed E-state index contributed by atoms with van der Waals surface area (Å²) in [5.74, 6) is 1.95. The number of aromatic nitrogens is 2. The molecule has 2 heterocycles. The monoisotopic (exact) mass is 391 g/mol. The molecular formula is C23H25N3O3. The second-order valence-electron chi connectivity index (χ2n) is 7.58. The zero-order valence-electron chi connectivity index (χ0n) is 17.1. The molecule has 0 saturated heterocycles. The molecule has 1 aliphatic heterocycles. The zero-order valence-corrected chi connectivity index (χ0v) is 17.1. The number of rotatable bonds is 5. The molecule has 0 radical (unpaired) electrons. The van der Waals surface area contributed by atoms with Crippen molar-refractivity contribution in [3.8, 4) is 17.2 Å². The molecule has 29 heavy (non-hydrogen) atoms. The molecule has 1 aliphatic rings. The topological polar surface area (TPSA) is 65.4 Å². The molecule has 0 fully saturated rings.